The van der Waals surface area contributed by atoms with Gasteiger partial charge in [0, 0.05) is 6.07 Å². The van der Waals surface area contributed by atoms with Crippen LogP contribution in [-0.2, 0) is 7.05 Å². The zero-order valence-corrected chi connectivity index (χ0v) is 17.8. The van der Waals surface area contributed by atoms with Crippen LogP contribution in [0.25, 0.3) is 32.4 Å². The number of nitrogens with zero attached hydrogens (tertiary/aromatic N) is 1. The lowest BCUT2D eigenvalue weighted by Gasteiger charge is -2.16. The standard InChI is InChI=1S/C23H23NO6/c1-24-21-13(8-7-12-9-15(26-2)16(27-3)10-14(12)21)19-17(28-4)11-18(29-5)22(30-6)20(19)23(24)25/h7-11H,1-6H3/p+1. The molecule has 0 aliphatic rings. The van der Waals surface area contributed by atoms with Crippen molar-refractivity contribution in [2.45, 2.75) is 0 Å². The maximum Gasteiger partial charge on any atom is 0.377 e. The minimum atomic E-state index is 0.0360. The molecule has 0 radical (unpaired) electrons. The third kappa shape index (κ3) is 2.62. The zero-order chi connectivity index (χ0) is 21.6. The molecule has 1 heterocycles. The molecule has 0 bridgehead atoms. The summed E-state index contributed by atoms with van der Waals surface area (Å²) in [6.45, 7) is 0. The van der Waals surface area contributed by atoms with Gasteiger partial charge in [-0.3, -0.25) is 0 Å². The fourth-order valence-corrected chi connectivity index (χ4v) is 4.08. The summed E-state index contributed by atoms with van der Waals surface area (Å²) >= 11 is 0. The smallest absolute Gasteiger partial charge is 0.377 e. The molecule has 156 valence electrons. The number of pyridine rings is 1. The highest BCUT2D eigenvalue weighted by Crippen LogP contribution is 2.47. The highest BCUT2D eigenvalue weighted by molar-refractivity contribution is 6.18. The van der Waals surface area contributed by atoms with Crippen molar-refractivity contribution in [2.24, 2.45) is 7.05 Å². The van der Waals surface area contributed by atoms with E-state index in [2.05, 4.69) is 0 Å². The average Bonchev–Trinajstić information content (AvgIpc) is 2.79. The number of benzene rings is 3. The number of ether oxygens (including phenoxy) is 5. The first-order valence-corrected chi connectivity index (χ1v) is 9.32. The number of aromatic nitrogens is 1. The second kappa shape index (κ2) is 7.33. The van der Waals surface area contributed by atoms with Crippen LogP contribution in [0.3, 0.4) is 0 Å². The van der Waals surface area contributed by atoms with Crippen LogP contribution < -0.4 is 28.3 Å². The van der Waals surface area contributed by atoms with Gasteiger partial charge in [-0.25, -0.2) is 0 Å². The van der Waals surface area contributed by atoms with E-state index >= 15 is 0 Å². The highest BCUT2D eigenvalue weighted by atomic mass is 16.5. The summed E-state index contributed by atoms with van der Waals surface area (Å²) in [6, 6.07) is 9.60. The summed E-state index contributed by atoms with van der Waals surface area (Å²) < 4.78 is 29.4. The molecule has 1 N–H and O–H groups in total. The molecule has 0 aliphatic heterocycles. The van der Waals surface area contributed by atoms with Crippen molar-refractivity contribution in [3.8, 4) is 34.6 Å². The fourth-order valence-electron chi connectivity index (χ4n) is 4.08. The Labute approximate surface area is 173 Å². The minimum absolute atomic E-state index is 0.0360. The molecule has 0 saturated carbocycles. The summed E-state index contributed by atoms with van der Waals surface area (Å²) in [4.78, 5) is 0. The predicted molar refractivity (Wildman–Crippen MR) is 115 cm³/mol. The number of aryl methyl sites for hydroxylation is 1. The van der Waals surface area contributed by atoms with Crippen LogP contribution in [0, 0.1) is 0 Å². The summed E-state index contributed by atoms with van der Waals surface area (Å²) in [5.41, 5.74) is 0.823. The fraction of sp³-hybridized carbons (Fsp3) is 0.261. The topological polar surface area (TPSA) is 70.3 Å². The molecule has 0 fully saturated rings. The Kier molecular flexibility index (Phi) is 4.81. The largest absolute Gasteiger partial charge is 0.496 e. The van der Waals surface area contributed by atoms with Crippen LogP contribution in [0.15, 0.2) is 30.3 Å². The number of fused-ring (bicyclic) bond motifs is 5. The first-order valence-electron chi connectivity index (χ1n) is 9.32. The third-order valence-electron chi connectivity index (χ3n) is 5.49. The molecule has 0 unspecified atom stereocenters. The van der Waals surface area contributed by atoms with Crippen molar-refractivity contribution in [2.75, 3.05) is 35.5 Å². The highest BCUT2D eigenvalue weighted by Gasteiger charge is 2.28. The van der Waals surface area contributed by atoms with E-state index in [1.807, 2.05) is 24.3 Å². The summed E-state index contributed by atoms with van der Waals surface area (Å²) in [5, 5.41) is 15.2. The van der Waals surface area contributed by atoms with Gasteiger partial charge in [0.25, 0.3) is 0 Å². The summed E-state index contributed by atoms with van der Waals surface area (Å²) in [6.07, 6.45) is 0. The lowest BCUT2D eigenvalue weighted by molar-refractivity contribution is -0.649. The molecule has 0 amide bonds. The Hall–Kier alpha value is -3.61. The SMILES string of the molecule is COc1cc2ccc3c4c(OC)cc(OC)c(OC)c4c(O)[n+](C)c3c2cc1OC. The van der Waals surface area contributed by atoms with Gasteiger partial charge >= 0.3 is 5.88 Å². The van der Waals surface area contributed by atoms with Gasteiger partial charge in [-0.2, -0.15) is 4.57 Å². The molecular weight excluding hydrogens is 386 g/mol. The second-order valence-electron chi connectivity index (χ2n) is 6.84. The van der Waals surface area contributed by atoms with Crippen molar-refractivity contribution in [3.05, 3.63) is 30.3 Å². The Morgan fingerprint density at radius 1 is 0.667 bits per heavy atom. The van der Waals surface area contributed by atoms with Crippen LogP contribution in [0.5, 0.6) is 34.6 Å². The monoisotopic (exact) mass is 410 g/mol. The Bertz CT molecular complexity index is 1300. The van der Waals surface area contributed by atoms with E-state index < -0.39 is 0 Å². The predicted octanol–water partition coefficient (Wildman–Crippen LogP) is 3.72. The van der Waals surface area contributed by atoms with Gasteiger partial charge in [-0.05, 0) is 23.6 Å². The Morgan fingerprint density at radius 3 is 1.90 bits per heavy atom. The van der Waals surface area contributed by atoms with Gasteiger partial charge in [-0.1, -0.05) is 6.07 Å². The molecule has 30 heavy (non-hydrogen) atoms. The van der Waals surface area contributed by atoms with Gasteiger partial charge in [0.2, 0.25) is 5.52 Å². The maximum absolute atomic E-state index is 11.2. The van der Waals surface area contributed by atoms with E-state index in [4.69, 9.17) is 23.7 Å². The van der Waals surface area contributed by atoms with Gasteiger partial charge in [0.05, 0.1) is 51.7 Å². The molecule has 4 aromatic rings. The van der Waals surface area contributed by atoms with Crippen LogP contribution in [-0.4, -0.2) is 40.7 Å². The van der Waals surface area contributed by atoms with Crippen molar-refractivity contribution in [1.82, 2.24) is 0 Å². The quantitative estimate of drug-likeness (QED) is 0.399. The molecule has 0 spiro atoms. The number of methoxy groups -OCH3 is 5. The van der Waals surface area contributed by atoms with Gasteiger partial charge in [0.1, 0.15) is 18.2 Å². The molecule has 7 nitrogen and oxygen atoms in total. The van der Waals surface area contributed by atoms with Crippen molar-refractivity contribution in [1.29, 1.82) is 0 Å². The Balaban J connectivity index is 2.29. The van der Waals surface area contributed by atoms with Gasteiger partial charge < -0.3 is 28.8 Å². The normalized spacial score (nSPS) is 11.1. The van der Waals surface area contributed by atoms with Crippen molar-refractivity contribution < 1.29 is 33.4 Å². The molecule has 0 atom stereocenters. The maximum atomic E-state index is 11.2. The van der Waals surface area contributed by atoms with E-state index in [1.165, 1.54) is 0 Å². The average molecular weight is 410 g/mol. The molecule has 0 saturated heterocycles. The molecular formula is C23H24NO6+. The second-order valence-corrected chi connectivity index (χ2v) is 6.84. The molecule has 7 heteroatoms. The van der Waals surface area contributed by atoms with Crippen LogP contribution in [0.1, 0.15) is 0 Å². The molecule has 3 aromatic carbocycles. The number of aromatic hydroxyl groups is 1. The lowest BCUT2D eigenvalue weighted by atomic mass is 9.98. The number of hydrogen-bond donors (Lipinski definition) is 1. The van der Waals surface area contributed by atoms with Crippen molar-refractivity contribution >= 4 is 32.4 Å². The van der Waals surface area contributed by atoms with E-state index in [0.717, 1.165) is 27.1 Å². The molecule has 1 aromatic heterocycles. The van der Waals surface area contributed by atoms with E-state index in [1.54, 1.807) is 53.2 Å². The lowest BCUT2D eigenvalue weighted by Crippen LogP contribution is -2.29. The van der Waals surface area contributed by atoms with Crippen LogP contribution in [0.4, 0.5) is 0 Å². The van der Waals surface area contributed by atoms with Gasteiger partial charge in [-0.15, -0.1) is 0 Å². The number of rotatable bonds is 5. The summed E-state index contributed by atoms with van der Waals surface area (Å²) in [7, 11) is 9.69. The van der Waals surface area contributed by atoms with E-state index in [0.29, 0.717) is 34.1 Å². The van der Waals surface area contributed by atoms with Crippen LogP contribution >= 0.6 is 0 Å². The van der Waals surface area contributed by atoms with E-state index in [9.17, 15) is 5.11 Å². The van der Waals surface area contributed by atoms with E-state index in [-0.39, 0.29) is 5.88 Å². The third-order valence-corrected chi connectivity index (χ3v) is 5.49. The number of hydrogen-bond acceptors (Lipinski definition) is 6. The minimum Gasteiger partial charge on any atom is -0.496 e. The van der Waals surface area contributed by atoms with Crippen LogP contribution in [0.2, 0.25) is 0 Å². The molecule has 4 rings (SSSR count). The summed E-state index contributed by atoms with van der Waals surface area (Å²) in [5.74, 6) is 2.77. The first-order chi connectivity index (χ1) is 14.5. The van der Waals surface area contributed by atoms with Gasteiger partial charge in [0.15, 0.2) is 23.0 Å². The molecule has 0 aliphatic carbocycles. The first kappa shape index (κ1) is 19.7. The van der Waals surface area contributed by atoms with Crippen molar-refractivity contribution in [3.63, 3.8) is 0 Å². The zero-order valence-electron chi connectivity index (χ0n) is 17.8. The Morgan fingerprint density at radius 2 is 1.30 bits per heavy atom.